The molecule has 3 N–H and O–H groups in total. The van der Waals surface area contributed by atoms with Crippen molar-refractivity contribution in [3.8, 4) is 11.1 Å². The van der Waals surface area contributed by atoms with Crippen LogP contribution in [0.1, 0.15) is 42.7 Å². The lowest BCUT2D eigenvalue weighted by Crippen LogP contribution is -2.48. The number of ether oxygens (including phenoxy) is 1. The van der Waals surface area contributed by atoms with Crippen molar-refractivity contribution < 1.29 is 24.2 Å². The molecule has 0 bridgehead atoms. The molecular formula is C27H33N3O5. The van der Waals surface area contributed by atoms with Gasteiger partial charge < -0.3 is 25.4 Å². The molecule has 0 spiro atoms. The summed E-state index contributed by atoms with van der Waals surface area (Å²) in [5.74, 6) is -1.44. The number of carbonyl (C=O) groups excluding carboxylic acids is 2. The largest absolute Gasteiger partial charge is 0.480 e. The van der Waals surface area contributed by atoms with Gasteiger partial charge in [0.15, 0.2) is 0 Å². The van der Waals surface area contributed by atoms with E-state index in [1.807, 2.05) is 24.3 Å². The first-order valence-electron chi connectivity index (χ1n) is 12.1. The van der Waals surface area contributed by atoms with Crippen molar-refractivity contribution in [2.24, 2.45) is 5.92 Å². The summed E-state index contributed by atoms with van der Waals surface area (Å²) in [7, 11) is 3.51. The fourth-order valence-corrected chi connectivity index (χ4v) is 5.30. The molecule has 2 aliphatic rings. The number of hydrogen-bond donors (Lipinski definition) is 3. The van der Waals surface area contributed by atoms with E-state index in [0.717, 1.165) is 30.4 Å². The molecular weight excluding hydrogens is 446 g/mol. The Morgan fingerprint density at radius 3 is 2.26 bits per heavy atom. The summed E-state index contributed by atoms with van der Waals surface area (Å²) in [6.45, 7) is 0.454. The number of amides is 2. The fourth-order valence-electron chi connectivity index (χ4n) is 5.30. The molecule has 0 heterocycles. The molecule has 186 valence electrons. The van der Waals surface area contributed by atoms with E-state index in [4.69, 9.17) is 4.74 Å². The van der Waals surface area contributed by atoms with Gasteiger partial charge in [0.1, 0.15) is 12.6 Å². The SMILES string of the molecule is CN(C)C[C@H](NC(=O)CC1CCCC1NC(=O)OCC1c2ccccc2-c2ccccc21)C(=O)O. The first-order valence-corrected chi connectivity index (χ1v) is 12.1. The van der Waals surface area contributed by atoms with Crippen LogP contribution in [0.25, 0.3) is 11.1 Å². The van der Waals surface area contributed by atoms with Gasteiger partial charge in [-0.1, -0.05) is 55.0 Å². The van der Waals surface area contributed by atoms with Gasteiger partial charge in [-0.15, -0.1) is 0 Å². The smallest absolute Gasteiger partial charge is 0.407 e. The summed E-state index contributed by atoms with van der Waals surface area (Å²) in [4.78, 5) is 38.4. The summed E-state index contributed by atoms with van der Waals surface area (Å²) in [5.41, 5.74) is 4.66. The molecule has 0 aromatic heterocycles. The van der Waals surface area contributed by atoms with Crippen LogP contribution in [0.3, 0.4) is 0 Å². The minimum Gasteiger partial charge on any atom is -0.480 e. The molecule has 2 aromatic rings. The zero-order valence-corrected chi connectivity index (χ0v) is 20.2. The van der Waals surface area contributed by atoms with Gasteiger partial charge in [0.25, 0.3) is 0 Å². The Morgan fingerprint density at radius 1 is 1.03 bits per heavy atom. The Bertz CT molecular complexity index is 1040. The third kappa shape index (κ3) is 5.82. The zero-order chi connectivity index (χ0) is 24.9. The van der Waals surface area contributed by atoms with Gasteiger partial charge in [0.2, 0.25) is 5.91 Å². The average molecular weight is 480 g/mol. The third-order valence-corrected chi connectivity index (χ3v) is 6.93. The highest BCUT2D eigenvalue weighted by Crippen LogP contribution is 2.44. The zero-order valence-electron chi connectivity index (χ0n) is 20.2. The number of carbonyl (C=O) groups is 3. The number of carboxylic acid groups (broad SMARTS) is 1. The second-order valence-corrected chi connectivity index (χ2v) is 9.69. The lowest BCUT2D eigenvalue weighted by Gasteiger charge is -2.23. The maximum absolute atomic E-state index is 12.7. The number of nitrogens with one attached hydrogen (secondary N) is 2. The lowest BCUT2D eigenvalue weighted by atomic mass is 9.98. The van der Waals surface area contributed by atoms with Gasteiger partial charge in [-0.2, -0.15) is 0 Å². The molecule has 1 fully saturated rings. The highest BCUT2D eigenvalue weighted by Gasteiger charge is 2.33. The molecule has 3 atom stereocenters. The maximum atomic E-state index is 12.7. The first kappa shape index (κ1) is 24.7. The van der Waals surface area contributed by atoms with E-state index >= 15 is 0 Å². The number of carboxylic acids is 1. The Labute approximate surface area is 205 Å². The van der Waals surface area contributed by atoms with Gasteiger partial charge in [0, 0.05) is 24.9 Å². The predicted octanol–water partition coefficient (Wildman–Crippen LogP) is 3.21. The van der Waals surface area contributed by atoms with Crippen molar-refractivity contribution in [3.05, 3.63) is 59.7 Å². The van der Waals surface area contributed by atoms with E-state index < -0.39 is 18.1 Å². The quantitative estimate of drug-likeness (QED) is 0.510. The fraction of sp³-hybridized carbons (Fsp3) is 0.444. The van der Waals surface area contributed by atoms with Gasteiger partial charge in [-0.3, -0.25) is 4.79 Å². The van der Waals surface area contributed by atoms with Gasteiger partial charge >= 0.3 is 12.1 Å². The van der Waals surface area contributed by atoms with Crippen LogP contribution in [0.2, 0.25) is 0 Å². The number of aliphatic carboxylic acids is 1. The third-order valence-electron chi connectivity index (χ3n) is 6.93. The number of alkyl carbamates (subject to hydrolysis) is 1. The average Bonchev–Trinajstić information content (AvgIpc) is 3.38. The second kappa shape index (κ2) is 10.9. The summed E-state index contributed by atoms with van der Waals surface area (Å²) < 4.78 is 5.66. The molecule has 8 heteroatoms. The van der Waals surface area contributed by atoms with E-state index in [0.29, 0.717) is 0 Å². The molecule has 1 saturated carbocycles. The molecule has 2 aromatic carbocycles. The highest BCUT2D eigenvalue weighted by molar-refractivity contribution is 5.84. The molecule has 4 rings (SSSR count). The maximum Gasteiger partial charge on any atom is 0.407 e. The summed E-state index contributed by atoms with van der Waals surface area (Å²) in [5, 5.41) is 14.9. The van der Waals surface area contributed by atoms with Crippen molar-refractivity contribution in [2.45, 2.75) is 43.7 Å². The number of likely N-dealkylation sites (N-methyl/N-ethyl adjacent to an activating group) is 1. The van der Waals surface area contributed by atoms with Crippen LogP contribution in [-0.4, -0.2) is 67.3 Å². The summed E-state index contributed by atoms with van der Waals surface area (Å²) in [6, 6.07) is 15.2. The van der Waals surface area contributed by atoms with E-state index in [9.17, 15) is 19.5 Å². The van der Waals surface area contributed by atoms with Crippen molar-refractivity contribution in [1.29, 1.82) is 0 Å². The van der Waals surface area contributed by atoms with Crippen LogP contribution in [0.15, 0.2) is 48.5 Å². The molecule has 0 saturated heterocycles. The van der Waals surface area contributed by atoms with Crippen molar-refractivity contribution in [3.63, 3.8) is 0 Å². The summed E-state index contributed by atoms with van der Waals surface area (Å²) >= 11 is 0. The van der Waals surface area contributed by atoms with Crippen LogP contribution >= 0.6 is 0 Å². The topological polar surface area (TPSA) is 108 Å². The van der Waals surface area contributed by atoms with Crippen LogP contribution in [-0.2, 0) is 14.3 Å². The Hall–Kier alpha value is -3.39. The number of hydrogen-bond acceptors (Lipinski definition) is 5. The van der Waals surface area contributed by atoms with Crippen molar-refractivity contribution in [2.75, 3.05) is 27.2 Å². The standard InChI is InChI=1S/C27H33N3O5/c1-30(2)15-24(26(32)33)28-25(31)14-17-8-7-13-23(17)29-27(34)35-16-22-20-11-5-3-9-18(20)19-10-4-6-12-21(19)22/h3-6,9-12,17,22-24H,7-8,13-16H2,1-2H3,(H,28,31)(H,29,34)(H,32,33)/t17?,23?,24-/m0/s1. The summed E-state index contributed by atoms with van der Waals surface area (Å²) in [6.07, 6.45) is 2.15. The second-order valence-electron chi connectivity index (χ2n) is 9.69. The first-order chi connectivity index (χ1) is 16.8. The normalized spacial score (nSPS) is 19.6. The number of fused-ring (bicyclic) bond motifs is 3. The lowest BCUT2D eigenvalue weighted by molar-refractivity contribution is -0.142. The predicted molar refractivity (Wildman–Crippen MR) is 132 cm³/mol. The Kier molecular flexibility index (Phi) is 7.70. The van der Waals surface area contributed by atoms with Crippen LogP contribution in [0.5, 0.6) is 0 Å². The van der Waals surface area contributed by atoms with Gasteiger partial charge in [0.05, 0.1) is 0 Å². The molecule has 35 heavy (non-hydrogen) atoms. The minimum absolute atomic E-state index is 0.0112. The molecule has 0 aliphatic heterocycles. The van der Waals surface area contributed by atoms with Crippen LogP contribution in [0.4, 0.5) is 4.79 Å². The molecule has 2 amide bonds. The molecule has 8 nitrogen and oxygen atoms in total. The monoisotopic (exact) mass is 479 g/mol. The minimum atomic E-state index is -1.06. The van der Waals surface area contributed by atoms with Crippen molar-refractivity contribution in [1.82, 2.24) is 15.5 Å². The number of nitrogens with zero attached hydrogens (tertiary/aromatic N) is 1. The van der Waals surface area contributed by atoms with E-state index in [2.05, 4.69) is 34.9 Å². The highest BCUT2D eigenvalue weighted by atomic mass is 16.5. The molecule has 2 aliphatic carbocycles. The molecule has 0 radical (unpaired) electrons. The van der Waals surface area contributed by atoms with Crippen LogP contribution in [0, 0.1) is 5.92 Å². The Balaban J connectivity index is 1.31. The van der Waals surface area contributed by atoms with Gasteiger partial charge in [-0.25, -0.2) is 9.59 Å². The van der Waals surface area contributed by atoms with E-state index in [1.54, 1.807) is 19.0 Å². The van der Waals surface area contributed by atoms with Gasteiger partial charge in [-0.05, 0) is 55.1 Å². The number of rotatable bonds is 9. The van der Waals surface area contributed by atoms with E-state index in [-0.39, 0.29) is 43.4 Å². The van der Waals surface area contributed by atoms with Crippen molar-refractivity contribution >= 4 is 18.0 Å². The molecule has 2 unspecified atom stereocenters. The van der Waals surface area contributed by atoms with E-state index in [1.165, 1.54) is 11.1 Å². The van der Waals surface area contributed by atoms with Crippen LogP contribution < -0.4 is 10.6 Å². The number of benzene rings is 2. The Morgan fingerprint density at radius 2 is 1.66 bits per heavy atom.